The first-order chi connectivity index (χ1) is 9.51. The molecule has 1 atom stereocenters. The van der Waals surface area contributed by atoms with Crippen molar-refractivity contribution in [1.29, 1.82) is 0 Å². The molecule has 0 spiro atoms. The van der Waals surface area contributed by atoms with Crippen molar-refractivity contribution in [3.63, 3.8) is 0 Å². The molecule has 0 aliphatic carbocycles. The molecule has 1 fully saturated rings. The van der Waals surface area contributed by atoms with Crippen LogP contribution < -0.4 is 5.32 Å². The molecule has 0 aromatic carbocycles. The van der Waals surface area contributed by atoms with E-state index in [1.54, 1.807) is 11.3 Å². The summed E-state index contributed by atoms with van der Waals surface area (Å²) in [6, 6.07) is 2.21. The van der Waals surface area contributed by atoms with E-state index in [2.05, 4.69) is 25.2 Å². The predicted molar refractivity (Wildman–Crippen MR) is 82.1 cm³/mol. The minimum Gasteiger partial charge on any atom is -0.396 e. The Morgan fingerprint density at radius 2 is 2.15 bits per heavy atom. The number of rotatable bonds is 3. The highest BCUT2D eigenvalue weighted by Gasteiger charge is 2.23. The van der Waals surface area contributed by atoms with E-state index in [4.69, 9.17) is 5.11 Å². The van der Waals surface area contributed by atoms with E-state index in [1.807, 2.05) is 11.8 Å². The molecule has 112 valence electrons. The number of urea groups is 1. The van der Waals surface area contributed by atoms with Gasteiger partial charge in [-0.05, 0) is 51.2 Å². The third-order valence-corrected chi connectivity index (χ3v) is 5.03. The van der Waals surface area contributed by atoms with Crippen LogP contribution in [0.25, 0.3) is 0 Å². The van der Waals surface area contributed by atoms with Crippen LogP contribution >= 0.6 is 11.3 Å². The van der Waals surface area contributed by atoms with E-state index >= 15 is 0 Å². The van der Waals surface area contributed by atoms with Crippen molar-refractivity contribution < 1.29 is 9.90 Å². The summed E-state index contributed by atoms with van der Waals surface area (Å²) in [6.07, 6.45) is 1.80. The third-order valence-electron chi connectivity index (χ3n) is 4.05. The molecule has 1 aromatic rings. The van der Waals surface area contributed by atoms with Gasteiger partial charge in [-0.15, -0.1) is 11.3 Å². The monoisotopic (exact) mass is 296 g/mol. The average Bonchev–Trinajstić information content (AvgIpc) is 2.78. The number of likely N-dealkylation sites (tertiary alicyclic amines) is 1. The number of nitrogens with one attached hydrogen (secondary N) is 1. The summed E-state index contributed by atoms with van der Waals surface area (Å²) in [5, 5.41) is 12.2. The first-order valence-corrected chi connectivity index (χ1v) is 8.06. The zero-order chi connectivity index (χ0) is 14.7. The van der Waals surface area contributed by atoms with Gasteiger partial charge < -0.3 is 15.3 Å². The van der Waals surface area contributed by atoms with E-state index < -0.39 is 0 Å². The number of amides is 2. The summed E-state index contributed by atoms with van der Waals surface area (Å²) >= 11 is 1.77. The largest absolute Gasteiger partial charge is 0.396 e. The van der Waals surface area contributed by atoms with Crippen LogP contribution in [0.4, 0.5) is 4.79 Å². The maximum Gasteiger partial charge on any atom is 0.317 e. The second kappa shape index (κ2) is 6.59. The molecule has 4 nitrogen and oxygen atoms in total. The van der Waals surface area contributed by atoms with Gasteiger partial charge in [0.15, 0.2) is 0 Å². The normalized spacial score (nSPS) is 18.1. The number of aliphatic hydroxyl groups excluding tert-OH is 1. The fourth-order valence-corrected chi connectivity index (χ4v) is 3.78. The molecule has 1 aliphatic rings. The molecule has 1 saturated heterocycles. The lowest BCUT2D eigenvalue weighted by molar-refractivity contribution is 0.136. The summed E-state index contributed by atoms with van der Waals surface area (Å²) in [4.78, 5) is 16.7. The van der Waals surface area contributed by atoms with E-state index in [0.29, 0.717) is 5.92 Å². The van der Waals surface area contributed by atoms with Crippen molar-refractivity contribution in [3.05, 3.63) is 21.4 Å². The minimum absolute atomic E-state index is 0.0112. The smallest absolute Gasteiger partial charge is 0.317 e. The second-order valence-electron chi connectivity index (χ2n) is 5.65. The van der Waals surface area contributed by atoms with Gasteiger partial charge in [0.05, 0.1) is 6.04 Å². The van der Waals surface area contributed by atoms with Gasteiger partial charge in [-0.3, -0.25) is 0 Å². The Hall–Kier alpha value is -1.07. The Labute approximate surface area is 124 Å². The number of aliphatic hydroxyl groups is 1. The Morgan fingerprint density at radius 1 is 1.50 bits per heavy atom. The molecule has 5 heteroatoms. The molecular formula is C15H24N2O2S. The highest BCUT2D eigenvalue weighted by molar-refractivity contribution is 7.12. The first-order valence-electron chi connectivity index (χ1n) is 7.24. The highest BCUT2D eigenvalue weighted by atomic mass is 32.1. The molecule has 2 amide bonds. The number of piperidine rings is 1. The molecule has 0 bridgehead atoms. The number of thiophene rings is 1. The Kier molecular flexibility index (Phi) is 5.05. The fourth-order valence-electron chi connectivity index (χ4n) is 2.75. The van der Waals surface area contributed by atoms with Crippen molar-refractivity contribution in [2.45, 2.75) is 39.7 Å². The van der Waals surface area contributed by atoms with Crippen LogP contribution in [-0.2, 0) is 0 Å². The van der Waals surface area contributed by atoms with Crippen LogP contribution in [0.1, 0.15) is 41.1 Å². The lowest BCUT2D eigenvalue weighted by Gasteiger charge is -2.32. The Morgan fingerprint density at radius 3 is 2.65 bits per heavy atom. The molecule has 20 heavy (non-hydrogen) atoms. The second-order valence-corrected chi connectivity index (χ2v) is 7.11. The van der Waals surface area contributed by atoms with Crippen LogP contribution in [0.15, 0.2) is 6.07 Å². The SMILES string of the molecule is Cc1cc(C(C)NC(=O)N2CCC(CO)CC2)c(C)s1. The molecule has 1 aliphatic heterocycles. The molecular weight excluding hydrogens is 272 g/mol. The van der Waals surface area contributed by atoms with E-state index in [-0.39, 0.29) is 18.7 Å². The number of carbonyl (C=O) groups is 1. The lowest BCUT2D eigenvalue weighted by Crippen LogP contribution is -2.45. The van der Waals surface area contributed by atoms with Gasteiger partial charge in [0, 0.05) is 29.5 Å². The number of hydrogen-bond donors (Lipinski definition) is 2. The van der Waals surface area contributed by atoms with Crippen molar-refractivity contribution in [3.8, 4) is 0 Å². The third kappa shape index (κ3) is 3.52. The van der Waals surface area contributed by atoms with E-state index in [1.165, 1.54) is 15.3 Å². The molecule has 1 aromatic heterocycles. The summed E-state index contributed by atoms with van der Waals surface area (Å²) in [7, 11) is 0. The van der Waals surface area contributed by atoms with Crippen molar-refractivity contribution in [2.24, 2.45) is 5.92 Å². The average molecular weight is 296 g/mol. The maximum atomic E-state index is 12.3. The Balaban J connectivity index is 1.90. The van der Waals surface area contributed by atoms with Crippen LogP contribution in [0, 0.1) is 19.8 Å². The number of carbonyl (C=O) groups excluding carboxylic acids is 1. The van der Waals surface area contributed by atoms with Gasteiger partial charge in [-0.1, -0.05) is 0 Å². The van der Waals surface area contributed by atoms with Gasteiger partial charge >= 0.3 is 6.03 Å². The highest BCUT2D eigenvalue weighted by Crippen LogP contribution is 2.26. The molecule has 0 saturated carbocycles. The zero-order valence-corrected chi connectivity index (χ0v) is 13.3. The number of nitrogens with zero attached hydrogens (tertiary/aromatic N) is 1. The Bertz CT molecular complexity index is 464. The molecule has 2 N–H and O–H groups in total. The number of aryl methyl sites for hydroxylation is 2. The molecule has 2 rings (SSSR count). The molecule has 2 heterocycles. The van der Waals surface area contributed by atoms with Gasteiger partial charge in [0.2, 0.25) is 0 Å². The van der Waals surface area contributed by atoms with Crippen LogP contribution in [0.5, 0.6) is 0 Å². The van der Waals surface area contributed by atoms with Crippen molar-refractivity contribution in [1.82, 2.24) is 10.2 Å². The summed E-state index contributed by atoms with van der Waals surface area (Å²) in [6.45, 7) is 7.95. The minimum atomic E-state index is 0.0112. The molecule has 0 radical (unpaired) electrons. The molecule has 1 unspecified atom stereocenters. The standard InChI is InChI=1S/C15H24N2O2S/c1-10-8-14(12(3)20-10)11(2)16-15(19)17-6-4-13(9-18)5-7-17/h8,11,13,18H,4-7,9H2,1-3H3,(H,16,19). The van der Waals surface area contributed by atoms with E-state index in [0.717, 1.165) is 25.9 Å². The maximum absolute atomic E-state index is 12.3. The van der Waals surface area contributed by atoms with Crippen molar-refractivity contribution in [2.75, 3.05) is 19.7 Å². The predicted octanol–water partition coefficient (Wildman–Crippen LogP) is 2.84. The summed E-state index contributed by atoms with van der Waals surface area (Å²) in [5.74, 6) is 0.359. The van der Waals surface area contributed by atoms with E-state index in [9.17, 15) is 4.79 Å². The number of hydrogen-bond acceptors (Lipinski definition) is 3. The van der Waals surface area contributed by atoms with Crippen LogP contribution in [0.3, 0.4) is 0 Å². The van der Waals surface area contributed by atoms with Gasteiger partial charge in [0.25, 0.3) is 0 Å². The first kappa shape index (κ1) is 15.3. The fraction of sp³-hybridized carbons (Fsp3) is 0.667. The summed E-state index contributed by atoms with van der Waals surface area (Å²) in [5.41, 5.74) is 1.21. The van der Waals surface area contributed by atoms with Crippen molar-refractivity contribution >= 4 is 17.4 Å². The van der Waals surface area contributed by atoms with Gasteiger partial charge in [-0.2, -0.15) is 0 Å². The lowest BCUT2D eigenvalue weighted by atomic mass is 9.98. The topological polar surface area (TPSA) is 52.6 Å². The quantitative estimate of drug-likeness (QED) is 0.901. The summed E-state index contributed by atoms with van der Waals surface area (Å²) < 4.78 is 0. The van der Waals surface area contributed by atoms with Gasteiger partial charge in [0.1, 0.15) is 0 Å². The van der Waals surface area contributed by atoms with Gasteiger partial charge in [-0.25, -0.2) is 4.79 Å². The van der Waals surface area contributed by atoms with Crippen LogP contribution in [0.2, 0.25) is 0 Å². The zero-order valence-electron chi connectivity index (χ0n) is 12.5. The van der Waals surface area contributed by atoms with Crippen LogP contribution in [-0.4, -0.2) is 35.7 Å².